The molecule has 1 aromatic rings. The predicted octanol–water partition coefficient (Wildman–Crippen LogP) is 1.12. The average Bonchev–Trinajstić information content (AvgIpc) is 2.35. The van der Waals surface area contributed by atoms with Crippen molar-refractivity contribution >= 4 is 21.6 Å². The van der Waals surface area contributed by atoms with E-state index in [2.05, 4.69) is 5.32 Å². The Morgan fingerprint density at radius 3 is 2.26 bits per heavy atom. The number of benzene rings is 1. The summed E-state index contributed by atoms with van der Waals surface area (Å²) in [5.74, 6) is -0.873. The first kappa shape index (κ1) is 15.4. The molecule has 0 aliphatic rings. The van der Waals surface area contributed by atoms with Crippen LogP contribution in [0.3, 0.4) is 0 Å². The predicted molar refractivity (Wildman–Crippen MR) is 71.9 cm³/mol. The SMILES string of the molecule is CCC(C(=O)NC)N(c1ccc(F)cc1)S(C)(=O)=O. The second-order valence-electron chi connectivity index (χ2n) is 4.07. The molecule has 106 valence electrons. The highest BCUT2D eigenvalue weighted by molar-refractivity contribution is 7.92. The summed E-state index contributed by atoms with van der Waals surface area (Å²) in [6.07, 6.45) is 1.33. The fourth-order valence-electron chi connectivity index (χ4n) is 1.81. The molecule has 0 bridgehead atoms. The van der Waals surface area contributed by atoms with Gasteiger partial charge in [-0.2, -0.15) is 0 Å². The summed E-state index contributed by atoms with van der Waals surface area (Å²) in [5, 5.41) is 2.43. The third-order valence-corrected chi connectivity index (χ3v) is 3.84. The lowest BCUT2D eigenvalue weighted by atomic mass is 10.2. The van der Waals surface area contributed by atoms with E-state index in [0.29, 0.717) is 6.42 Å². The van der Waals surface area contributed by atoms with Crippen LogP contribution in [0.25, 0.3) is 0 Å². The number of carbonyl (C=O) groups excluding carboxylic acids is 1. The number of nitrogens with one attached hydrogen (secondary N) is 1. The molecule has 0 fully saturated rings. The lowest BCUT2D eigenvalue weighted by molar-refractivity contribution is -0.121. The van der Waals surface area contributed by atoms with Crippen LogP contribution in [0.4, 0.5) is 10.1 Å². The monoisotopic (exact) mass is 288 g/mol. The standard InChI is InChI=1S/C12H17FN2O3S/c1-4-11(12(16)14-2)15(19(3,17)18)10-7-5-9(13)6-8-10/h5-8,11H,4H2,1-3H3,(H,14,16). The molecule has 19 heavy (non-hydrogen) atoms. The average molecular weight is 288 g/mol. The normalized spacial score (nSPS) is 12.8. The number of anilines is 1. The molecule has 0 saturated heterocycles. The molecule has 0 aromatic heterocycles. The highest BCUT2D eigenvalue weighted by Gasteiger charge is 2.30. The van der Waals surface area contributed by atoms with Gasteiger partial charge in [0.15, 0.2) is 0 Å². The Kier molecular flexibility index (Phi) is 4.88. The van der Waals surface area contributed by atoms with E-state index in [4.69, 9.17) is 0 Å². The molecule has 1 rings (SSSR count). The van der Waals surface area contributed by atoms with Crippen molar-refractivity contribution in [3.8, 4) is 0 Å². The number of hydrogen-bond donors (Lipinski definition) is 1. The van der Waals surface area contributed by atoms with Crippen LogP contribution < -0.4 is 9.62 Å². The first-order valence-corrected chi connectivity index (χ1v) is 7.62. The Hall–Kier alpha value is -1.63. The van der Waals surface area contributed by atoms with E-state index in [1.807, 2.05) is 0 Å². The van der Waals surface area contributed by atoms with E-state index in [1.54, 1.807) is 6.92 Å². The van der Waals surface area contributed by atoms with Crippen LogP contribution >= 0.6 is 0 Å². The molecule has 1 amide bonds. The van der Waals surface area contributed by atoms with Gasteiger partial charge in [0.05, 0.1) is 11.9 Å². The van der Waals surface area contributed by atoms with Crippen molar-refractivity contribution in [2.45, 2.75) is 19.4 Å². The molecule has 0 heterocycles. The number of amides is 1. The molecule has 0 aliphatic carbocycles. The number of nitrogens with zero attached hydrogens (tertiary/aromatic N) is 1. The summed E-state index contributed by atoms with van der Waals surface area (Å²) in [5.41, 5.74) is 0.263. The van der Waals surface area contributed by atoms with Gasteiger partial charge in [-0.25, -0.2) is 12.8 Å². The maximum atomic E-state index is 12.9. The molecular weight excluding hydrogens is 271 g/mol. The van der Waals surface area contributed by atoms with E-state index in [0.717, 1.165) is 22.7 Å². The number of carbonyl (C=O) groups is 1. The van der Waals surface area contributed by atoms with Crippen molar-refractivity contribution in [1.29, 1.82) is 0 Å². The molecule has 0 aliphatic heterocycles. The first-order valence-electron chi connectivity index (χ1n) is 5.77. The van der Waals surface area contributed by atoms with Crippen molar-refractivity contribution < 1.29 is 17.6 Å². The summed E-state index contributed by atoms with van der Waals surface area (Å²) in [7, 11) is -2.21. The molecule has 1 N–H and O–H groups in total. The summed E-state index contributed by atoms with van der Waals surface area (Å²) in [4.78, 5) is 11.8. The van der Waals surface area contributed by atoms with Crippen LogP contribution in [0.15, 0.2) is 24.3 Å². The van der Waals surface area contributed by atoms with Crippen LogP contribution in [0, 0.1) is 5.82 Å². The Labute approximate surface area is 112 Å². The zero-order valence-corrected chi connectivity index (χ0v) is 11.9. The molecule has 0 saturated carbocycles. The van der Waals surface area contributed by atoms with Crippen molar-refractivity contribution in [3.63, 3.8) is 0 Å². The maximum absolute atomic E-state index is 12.9. The maximum Gasteiger partial charge on any atom is 0.243 e. The molecule has 1 aromatic carbocycles. The van der Waals surface area contributed by atoms with E-state index < -0.39 is 27.8 Å². The highest BCUT2D eigenvalue weighted by atomic mass is 32.2. The van der Waals surface area contributed by atoms with Crippen LogP contribution in [-0.2, 0) is 14.8 Å². The summed E-state index contributed by atoms with van der Waals surface area (Å²) < 4.78 is 37.7. The van der Waals surface area contributed by atoms with Crippen LogP contribution in [0.5, 0.6) is 0 Å². The Morgan fingerprint density at radius 1 is 1.37 bits per heavy atom. The Bertz CT molecular complexity index is 543. The summed E-state index contributed by atoms with van der Waals surface area (Å²) >= 11 is 0. The van der Waals surface area contributed by atoms with Gasteiger partial charge in [0.2, 0.25) is 15.9 Å². The number of hydrogen-bond acceptors (Lipinski definition) is 3. The van der Waals surface area contributed by atoms with Gasteiger partial charge in [0.25, 0.3) is 0 Å². The zero-order valence-electron chi connectivity index (χ0n) is 11.1. The van der Waals surface area contributed by atoms with Crippen LogP contribution in [-0.4, -0.2) is 33.7 Å². The van der Waals surface area contributed by atoms with Gasteiger partial charge in [0, 0.05) is 7.05 Å². The summed E-state index contributed by atoms with van der Waals surface area (Å²) in [6, 6.07) is 4.13. The highest BCUT2D eigenvalue weighted by Crippen LogP contribution is 2.22. The topological polar surface area (TPSA) is 66.5 Å². The van der Waals surface area contributed by atoms with E-state index in [1.165, 1.54) is 19.2 Å². The molecule has 1 atom stereocenters. The number of rotatable bonds is 5. The number of likely N-dealkylation sites (N-methyl/N-ethyl adjacent to an activating group) is 1. The number of halogens is 1. The Morgan fingerprint density at radius 2 is 1.89 bits per heavy atom. The first-order chi connectivity index (χ1) is 8.81. The molecule has 0 spiro atoms. The van der Waals surface area contributed by atoms with Gasteiger partial charge in [-0.3, -0.25) is 9.10 Å². The fourth-order valence-corrected chi connectivity index (χ4v) is 3.03. The second kappa shape index (κ2) is 6.01. The van der Waals surface area contributed by atoms with Gasteiger partial charge in [-0.1, -0.05) is 6.92 Å². The van der Waals surface area contributed by atoms with Gasteiger partial charge >= 0.3 is 0 Å². The van der Waals surface area contributed by atoms with Crippen molar-refractivity contribution in [3.05, 3.63) is 30.1 Å². The lowest BCUT2D eigenvalue weighted by Crippen LogP contribution is -2.48. The van der Waals surface area contributed by atoms with Crippen LogP contribution in [0.1, 0.15) is 13.3 Å². The van der Waals surface area contributed by atoms with Crippen molar-refractivity contribution in [2.24, 2.45) is 0 Å². The summed E-state index contributed by atoms with van der Waals surface area (Å²) in [6.45, 7) is 1.71. The van der Waals surface area contributed by atoms with E-state index >= 15 is 0 Å². The quantitative estimate of drug-likeness (QED) is 0.883. The largest absolute Gasteiger partial charge is 0.357 e. The van der Waals surface area contributed by atoms with Gasteiger partial charge in [-0.15, -0.1) is 0 Å². The third kappa shape index (κ3) is 3.66. The molecule has 7 heteroatoms. The van der Waals surface area contributed by atoms with Gasteiger partial charge in [0.1, 0.15) is 11.9 Å². The van der Waals surface area contributed by atoms with E-state index in [9.17, 15) is 17.6 Å². The minimum absolute atomic E-state index is 0.263. The lowest BCUT2D eigenvalue weighted by Gasteiger charge is -2.29. The van der Waals surface area contributed by atoms with Crippen LogP contribution in [0.2, 0.25) is 0 Å². The number of sulfonamides is 1. The molecule has 0 radical (unpaired) electrons. The molecule has 1 unspecified atom stereocenters. The third-order valence-electron chi connectivity index (χ3n) is 2.66. The smallest absolute Gasteiger partial charge is 0.243 e. The zero-order chi connectivity index (χ0) is 14.6. The molecular formula is C12H17FN2O3S. The molecule has 5 nitrogen and oxygen atoms in total. The van der Waals surface area contributed by atoms with Crippen molar-refractivity contribution in [1.82, 2.24) is 5.32 Å². The minimum atomic E-state index is -3.65. The van der Waals surface area contributed by atoms with Crippen molar-refractivity contribution in [2.75, 3.05) is 17.6 Å². The fraction of sp³-hybridized carbons (Fsp3) is 0.417. The minimum Gasteiger partial charge on any atom is -0.357 e. The Balaban J connectivity index is 3.29. The van der Waals surface area contributed by atoms with Gasteiger partial charge in [-0.05, 0) is 30.7 Å². The van der Waals surface area contributed by atoms with Gasteiger partial charge < -0.3 is 5.32 Å². The second-order valence-corrected chi connectivity index (χ2v) is 5.93. The van der Waals surface area contributed by atoms with E-state index in [-0.39, 0.29) is 5.69 Å².